The second-order valence-corrected chi connectivity index (χ2v) is 7.57. The molecule has 9 nitrogen and oxygen atoms in total. The standard InChI is InChI=1S/C19H21N7O2S/c1-3-16(27)26-8-6-12(10-26)21-18-22-13(11-28-2)9-15(24-18)25-19-23-14-5-4-7-20-17(14)29-19/h3-5,7,9,12H,1,6,8,10-11H2,2H3,(H2,21,22,23,24,25)/t12-/m0/s1. The molecule has 4 heterocycles. The molecule has 0 unspecified atom stereocenters. The first-order valence-electron chi connectivity index (χ1n) is 9.18. The highest BCUT2D eigenvalue weighted by atomic mass is 32.1. The van der Waals surface area contributed by atoms with Gasteiger partial charge in [0.25, 0.3) is 0 Å². The van der Waals surface area contributed by atoms with E-state index in [2.05, 4.69) is 37.1 Å². The number of carbonyl (C=O) groups is 1. The van der Waals surface area contributed by atoms with Crippen LogP contribution in [0.2, 0.25) is 0 Å². The van der Waals surface area contributed by atoms with Gasteiger partial charge in [-0.2, -0.15) is 4.98 Å². The van der Waals surface area contributed by atoms with Crippen molar-refractivity contribution in [2.45, 2.75) is 19.1 Å². The normalized spacial score (nSPS) is 16.2. The van der Waals surface area contributed by atoms with Gasteiger partial charge in [0.2, 0.25) is 11.9 Å². The molecule has 1 aliphatic rings. The summed E-state index contributed by atoms with van der Waals surface area (Å²) in [4.78, 5) is 32.4. The van der Waals surface area contributed by atoms with Crippen LogP contribution in [0.15, 0.2) is 37.1 Å². The number of thiazole rings is 1. The van der Waals surface area contributed by atoms with Crippen molar-refractivity contribution in [3.05, 3.63) is 42.7 Å². The van der Waals surface area contributed by atoms with Crippen LogP contribution in [0.25, 0.3) is 10.3 Å². The number of carbonyl (C=O) groups excluding carboxylic acids is 1. The summed E-state index contributed by atoms with van der Waals surface area (Å²) in [5.41, 5.74) is 1.58. The third kappa shape index (κ3) is 4.49. The summed E-state index contributed by atoms with van der Waals surface area (Å²) in [6.45, 7) is 5.18. The number of nitrogens with one attached hydrogen (secondary N) is 2. The van der Waals surface area contributed by atoms with Crippen molar-refractivity contribution < 1.29 is 9.53 Å². The number of aromatic nitrogens is 4. The SMILES string of the molecule is C=CC(=O)N1CC[C@H](Nc2nc(COC)cc(Nc3nc4cccnc4s3)n2)C1. The molecule has 10 heteroatoms. The number of fused-ring (bicyclic) bond motifs is 1. The molecule has 0 aromatic carbocycles. The topological polar surface area (TPSA) is 105 Å². The van der Waals surface area contributed by atoms with E-state index in [1.54, 1.807) is 18.2 Å². The van der Waals surface area contributed by atoms with Crippen molar-refractivity contribution in [1.29, 1.82) is 0 Å². The average Bonchev–Trinajstić information content (AvgIpc) is 3.33. The zero-order chi connectivity index (χ0) is 20.2. The van der Waals surface area contributed by atoms with Crippen LogP contribution in [0, 0.1) is 0 Å². The van der Waals surface area contributed by atoms with Crippen molar-refractivity contribution >= 4 is 44.5 Å². The Bertz CT molecular complexity index is 1010. The van der Waals surface area contributed by atoms with Crippen molar-refractivity contribution in [3.8, 4) is 0 Å². The lowest BCUT2D eigenvalue weighted by Crippen LogP contribution is -2.30. The highest BCUT2D eigenvalue weighted by Crippen LogP contribution is 2.26. The number of anilines is 3. The van der Waals surface area contributed by atoms with Gasteiger partial charge in [0.05, 0.1) is 12.3 Å². The number of rotatable bonds is 7. The zero-order valence-electron chi connectivity index (χ0n) is 16.0. The van der Waals surface area contributed by atoms with E-state index in [4.69, 9.17) is 4.74 Å². The minimum atomic E-state index is -0.0600. The van der Waals surface area contributed by atoms with Gasteiger partial charge in [-0.3, -0.25) is 4.79 Å². The highest BCUT2D eigenvalue weighted by molar-refractivity contribution is 7.21. The van der Waals surface area contributed by atoms with Gasteiger partial charge >= 0.3 is 0 Å². The number of hydrogen-bond acceptors (Lipinski definition) is 9. The van der Waals surface area contributed by atoms with Crippen LogP contribution in [0.5, 0.6) is 0 Å². The molecule has 150 valence electrons. The molecule has 0 radical (unpaired) electrons. The van der Waals surface area contributed by atoms with Crippen LogP contribution < -0.4 is 10.6 Å². The van der Waals surface area contributed by atoms with Gasteiger partial charge in [-0.15, -0.1) is 0 Å². The first-order chi connectivity index (χ1) is 14.1. The Morgan fingerprint density at radius 2 is 2.34 bits per heavy atom. The number of hydrogen-bond donors (Lipinski definition) is 2. The first-order valence-corrected chi connectivity index (χ1v) is 9.99. The minimum Gasteiger partial charge on any atom is -0.378 e. The van der Waals surface area contributed by atoms with Crippen molar-refractivity contribution in [2.75, 3.05) is 30.8 Å². The molecule has 0 bridgehead atoms. The summed E-state index contributed by atoms with van der Waals surface area (Å²) in [6, 6.07) is 5.69. The van der Waals surface area contributed by atoms with E-state index < -0.39 is 0 Å². The van der Waals surface area contributed by atoms with Gasteiger partial charge in [0.1, 0.15) is 16.2 Å². The smallest absolute Gasteiger partial charge is 0.246 e. The fourth-order valence-electron chi connectivity index (χ4n) is 3.17. The van der Waals surface area contributed by atoms with Crippen LogP contribution in [-0.2, 0) is 16.1 Å². The maximum Gasteiger partial charge on any atom is 0.246 e. The molecule has 1 aliphatic heterocycles. The second kappa shape index (κ2) is 8.50. The third-order valence-electron chi connectivity index (χ3n) is 4.48. The van der Waals surface area contributed by atoms with E-state index >= 15 is 0 Å². The Balaban J connectivity index is 1.52. The first kappa shape index (κ1) is 19.2. The number of likely N-dealkylation sites (tertiary alicyclic amines) is 1. The molecule has 0 aliphatic carbocycles. The van der Waals surface area contributed by atoms with Crippen LogP contribution >= 0.6 is 11.3 Å². The second-order valence-electron chi connectivity index (χ2n) is 6.59. The summed E-state index contributed by atoms with van der Waals surface area (Å²) < 4.78 is 5.24. The van der Waals surface area contributed by atoms with Crippen molar-refractivity contribution in [2.24, 2.45) is 0 Å². The molecule has 3 aromatic rings. The maximum absolute atomic E-state index is 11.8. The third-order valence-corrected chi connectivity index (χ3v) is 5.38. The lowest BCUT2D eigenvalue weighted by Gasteiger charge is -2.16. The summed E-state index contributed by atoms with van der Waals surface area (Å²) in [5, 5.41) is 7.27. The van der Waals surface area contributed by atoms with E-state index in [0.29, 0.717) is 36.6 Å². The molecule has 1 atom stereocenters. The highest BCUT2D eigenvalue weighted by Gasteiger charge is 2.25. The summed E-state index contributed by atoms with van der Waals surface area (Å²) in [7, 11) is 1.62. The molecule has 2 N–H and O–H groups in total. The number of ether oxygens (including phenoxy) is 1. The number of amides is 1. The fourth-order valence-corrected chi connectivity index (χ4v) is 3.99. The van der Waals surface area contributed by atoms with E-state index in [1.165, 1.54) is 17.4 Å². The van der Waals surface area contributed by atoms with E-state index in [9.17, 15) is 4.79 Å². The van der Waals surface area contributed by atoms with Crippen molar-refractivity contribution in [3.63, 3.8) is 0 Å². The molecule has 1 fully saturated rings. The van der Waals surface area contributed by atoms with Crippen LogP contribution in [0.4, 0.5) is 16.9 Å². The minimum absolute atomic E-state index is 0.0600. The zero-order valence-corrected chi connectivity index (χ0v) is 16.8. The lowest BCUT2D eigenvalue weighted by atomic mass is 10.3. The molecule has 4 rings (SSSR count). The molecular formula is C19H21N7O2S. The summed E-state index contributed by atoms with van der Waals surface area (Å²) in [5.74, 6) is 1.04. The van der Waals surface area contributed by atoms with Gasteiger partial charge in [0.15, 0.2) is 5.13 Å². The van der Waals surface area contributed by atoms with Crippen LogP contribution in [0.1, 0.15) is 12.1 Å². The summed E-state index contributed by atoms with van der Waals surface area (Å²) >= 11 is 1.46. The predicted octanol–water partition coefficient (Wildman–Crippen LogP) is 2.57. The average molecular weight is 411 g/mol. The maximum atomic E-state index is 11.8. The monoisotopic (exact) mass is 411 g/mol. The number of methoxy groups -OCH3 is 1. The van der Waals surface area contributed by atoms with Crippen LogP contribution in [0.3, 0.4) is 0 Å². The largest absolute Gasteiger partial charge is 0.378 e. The van der Waals surface area contributed by atoms with E-state index in [0.717, 1.165) is 22.5 Å². The van der Waals surface area contributed by atoms with Gasteiger partial charge in [-0.05, 0) is 24.6 Å². The van der Waals surface area contributed by atoms with Gasteiger partial charge in [-0.25, -0.2) is 15.0 Å². The molecule has 3 aromatic heterocycles. The van der Waals surface area contributed by atoms with Gasteiger partial charge in [0, 0.05) is 38.5 Å². The molecule has 1 saturated heterocycles. The summed E-state index contributed by atoms with van der Waals surface area (Å²) in [6.07, 6.45) is 3.91. The molecular weight excluding hydrogens is 390 g/mol. The van der Waals surface area contributed by atoms with Gasteiger partial charge in [-0.1, -0.05) is 17.9 Å². The quantitative estimate of drug-likeness (QED) is 0.572. The van der Waals surface area contributed by atoms with Crippen LogP contribution in [-0.4, -0.2) is 57.0 Å². The van der Waals surface area contributed by atoms with Crippen molar-refractivity contribution in [1.82, 2.24) is 24.8 Å². The molecule has 0 spiro atoms. The molecule has 1 amide bonds. The lowest BCUT2D eigenvalue weighted by molar-refractivity contribution is -0.125. The van der Waals surface area contributed by atoms with E-state index in [-0.39, 0.29) is 11.9 Å². The Labute approximate surface area is 171 Å². The Kier molecular flexibility index (Phi) is 5.63. The fraction of sp³-hybridized carbons (Fsp3) is 0.316. The Hall–Kier alpha value is -3.11. The molecule has 29 heavy (non-hydrogen) atoms. The Morgan fingerprint density at radius 1 is 1.45 bits per heavy atom. The predicted molar refractivity (Wildman–Crippen MR) is 112 cm³/mol. The molecule has 0 saturated carbocycles. The number of pyridine rings is 1. The Morgan fingerprint density at radius 3 is 3.14 bits per heavy atom. The van der Waals surface area contributed by atoms with Gasteiger partial charge < -0.3 is 20.3 Å². The number of nitrogens with zero attached hydrogens (tertiary/aromatic N) is 5. The van der Waals surface area contributed by atoms with E-state index in [1.807, 2.05) is 18.2 Å².